The second-order valence-corrected chi connectivity index (χ2v) is 3.38. The van der Waals surface area contributed by atoms with Crippen molar-refractivity contribution in [2.24, 2.45) is 0 Å². The van der Waals surface area contributed by atoms with Gasteiger partial charge in [0, 0.05) is 0 Å². The van der Waals surface area contributed by atoms with Crippen LogP contribution in [-0.2, 0) is 0 Å². The van der Waals surface area contributed by atoms with Crippen molar-refractivity contribution >= 4 is 0 Å². The highest BCUT2D eigenvalue weighted by Crippen LogP contribution is 2.01. The third-order valence-corrected chi connectivity index (χ3v) is 2.09. The lowest BCUT2D eigenvalue weighted by molar-refractivity contribution is 0.999. The van der Waals surface area contributed by atoms with E-state index in [0.717, 1.165) is 32.1 Å². The minimum absolute atomic E-state index is 1.07. The van der Waals surface area contributed by atoms with Crippen molar-refractivity contribution in [2.75, 3.05) is 0 Å². The summed E-state index contributed by atoms with van der Waals surface area (Å²) in [6.07, 6.45) is 25.5. The van der Waals surface area contributed by atoms with Crippen molar-refractivity contribution in [1.82, 2.24) is 0 Å². The minimum Gasteiger partial charge on any atom is -0.0879 e. The van der Waals surface area contributed by atoms with Gasteiger partial charge in [0.05, 0.1) is 0 Å². The van der Waals surface area contributed by atoms with Crippen LogP contribution in [0, 0.1) is 6.42 Å². The molecular weight excluding hydrogens is 168 g/mol. The molecule has 0 amide bonds. The summed E-state index contributed by atoms with van der Waals surface area (Å²) in [4.78, 5) is 0. The summed E-state index contributed by atoms with van der Waals surface area (Å²) < 4.78 is 0. The molecule has 1 aliphatic carbocycles. The Hall–Kier alpha value is -1.04. The largest absolute Gasteiger partial charge is 0.0879 e. The summed E-state index contributed by atoms with van der Waals surface area (Å²) in [6, 6.07) is 0. The lowest BCUT2D eigenvalue weighted by Crippen LogP contribution is -1.71. The van der Waals surface area contributed by atoms with Gasteiger partial charge in [0.1, 0.15) is 0 Å². The molecule has 0 aliphatic heterocycles. The van der Waals surface area contributed by atoms with Gasteiger partial charge in [0.15, 0.2) is 0 Å². The Morgan fingerprint density at radius 2 is 1.21 bits per heavy atom. The first-order valence-electron chi connectivity index (χ1n) is 5.45. The van der Waals surface area contributed by atoms with Crippen molar-refractivity contribution in [1.29, 1.82) is 0 Å². The van der Waals surface area contributed by atoms with Crippen molar-refractivity contribution in [3.8, 4) is 0 Å². The van der Waals surface area contributed by atoms with Crippen LogP contribution in [0.25, 0.3) is 0 Å². The molecular formula is C14H19. The third-order valence-electron chi connectivity index (χ3n) is 2.09. The van der Waals surface area contributed by atoms with Gasteiger partial charge >= 0.3 is 0 Å². The second kappa shape index (κ2) is 8.55. The Kier molecular flexibility index (Phi) is 6.74. The van der Waals surface area contributed by atoms with Crippen LogP contribution in [0.5, 0.6) is 0 Å². The molecule has 0 spiro atoms. The zero-order valence-electron chi connectivity index (χ0n) is 8.73. The fourth-order valence-corrected chi connectivity index (χ4v) is 1.30. The van der Waals surface area contributed by atoms with Crippen LogP contribution in [0.4, 0.5) is 0 Å². The molecule has 0 N–H and O–H groups in total. The van der Waals surface area contributed by atoms with Gasteiger partial charge in [-0.15, -0.1) is 0 Å². The number of rotatable bonds is 0. The van der Waals surface area contributed by atoms with E-state index in [9.17, 15) is 0 Å². The van der Waals surface area contributed by atoms with Crippen LogP contribution < -0.4 is 0 Å². The van der Waals surface area contributed by atoms with Crippen LogP contribution in [0.1, 0.15) is 32.1 Å². The van der Waals surface area contributed by atoms with Crippen molar-refractivity contribution < 1.29 is 0 Å². The molecule has 0 saturated heterocycles. The predicted molar refractivity (Wildman–Crippen MR) is 63.9 cm³/mol. The molecule has 0 bridgehead atoms. The Balaban J connectivity index is 2.34. The second-order valence-electron chi connectivity index (χ2n) is 3.38. The summed E-state index contributed by atoms with van der Waals surface area (Å²) in [5.74, 6) is 0. The maximum absolute atomic E-state index is 2.25. The highest BCUT2D eigenvalue weighted by molar-refractivity contribution is 5.05. The van der Waals surface area contributed by atoms with Gasteiger partial charge in [0.2, 0.25) is 0 Å². The SMILES string of the molecule is [CH]1C=CCC=CCCC=CC=CCC1. The van der Waals surface area contributed by atoms with Gasteiger partial charge in [-0.3, -0.25) is 0 Å². The number of hydrogen-bond donors (Lipinski definition) is 0. The molecule has 0 heterocycles. The van der Waals surface area contributed by atoms with E-state index < -0.39 is 0 Å². The van der Waals surface area contributed by atoms with Crippen LogP contribution in [0.2, 0.25) is 0 Å². The molecule has 0 unspecified atom stereocenters. The summed E-state index contributed by atoms with van der Waals surface area (Å²) in [5, 5.41) is 0. The highest BCUT2D eigenvalue weighted by atomic mass is 13.9. The van der Waals surface area contributed by atoms with E-state index in [-0.39, 0.29) is 0 Å². The Labute approximate surface area is 87.7 Å². The molecule has 1 rings (SSSR count). The molecule has 0 aromatic rings. The normalized spacial score (nSPS) is 19.4. The summed E-state index contributed by atoms with van der Waals surface area (Å²) in [5.41, 5.74) is 0. The number of allylic oxidation sites excluding steroid dienone is 8. The molecule has 1 aliphatic rings. The fraction of sp³-hybridized carbons (Fsp3) is 0.357. The van der Waals surface area contributed by atoms with E-state index in [4.69, 9.17) is 0 Å². The standard InChI is InChI=1S/C14H19/c1-2-4-6-8-10-12-14-13-11-9-7-5-3-1/h1-4,9-13H,5-8,14H2. The van der Waals surface area contributed by atoms with Crippen LogP contribution >= 0.6 is 0 Å². The first-order valence-corrected chi connectivity index (χ1v) is 5.45. The lowest BCUT2D eigenvalue weighted by Gasteiger charge is -1.91. The summed E-state index contributed by atoms with van der Waals surface area (Å²) in [6.45, 7) is 0. The predicted octanol–water partition coefficient (Wildman–Crippen LogP) is 4.38. The van der Waals surface area contributed by atoms with Crippen LogP contribution in [-0.4, -0.2) is 0 Å². The molecule has 1 radical (unpaired) electrons. The zero-order chi connectivity index (χ0) is 9.90. The molecule has 75 valence electrons. The van der Waals surface area contributed by atoms with Gasteiger partial charge in [0.25, 0.3) is 0 Å². The van der Waals surface area contributed by atoms with E-state index in [1.165, 1.54) is 0 Å². The van der Waals surface area contributed by atoms with E-state index in [2.05, 4.69) is 55.0 Å². The van der Waals surface area contributed by atoms with Gasteiger partial charge in [-0.25, -0.2) is 0 Å². The average molecular weight is 187 g/mol. The Morgan fingerprint density at radius 3 is 2.07 bits per heavy atom. The topological polar surface area (TPSA) is 0 Å². The molecule has 0 nitrogen and oxygen atoms in total. The van der Waals surface area contributed by atoms with E-state index in [0.29, 0.717) is 0 Å². The van der Waals surface area contributed by atoms with E-state index in [1.807, 2.05) is 0 Å². The highest BCUT2D eigenvalue weighted by Gasteiger charge is 1.81. The van der Waals surface area contributed by atoms with Crippen molar-refractivity contribution in [3.63, 3.8) is 0 Å². The smallest absolute Gasteiger partial charge is 0.0167 e. The van der Waals surface area contributed by atoms with Gasteiger partial charge < -0.3 is 0 Å². The molecule has 0 heteroatoms. The Bertz CT molecular complexity index is 228. The average Bonchev–Trinajstić information content (AvgIpc) is 2.22. The first kappa shape index (κ1) is 11.0. The molecule has 14 heavy (non-hydrogen) atoms. The summed E-state index contributed by atoms with van der Waals surface area (Å²) in [7, 11) is 0. The molecule has 0 saturated carbocycles. The van der Waals surface area contributed by atoms with E-state index in [1.54, 1.807) is 0 Å². The molecule has 0 aromatic carbocycles. The fourth-order valence-electron chi connectivity index (χ4n) is 1.30. The first-order chi connectivity index (χ1) is 7.00. The minimum atomic E-state index is 1.07. The number of hydrogen-bond acceptors (Lipinski definition) is 0. The van der Waals surface area contributed by atoms with Crippen molar-refractivity contribution in [2.45, 2.75) is 32.1 Å². The zero-order valence-corrected chi connectivity index (χ0v) is 8.73. The van der Waals surface area contributed by atoms with Gasteiger partial charge in [-0.05, 0) is 38.5 Å². The molecule has 0 aromatic heterocycles. The quantitative estimate of drug-likeness (QED) is 0.494. The van der Waals surface area contributed by atoms with E-state index >= 15 is 0 Å². The van der Waals surface area contributed by atoms with Gasteiger partial charge in [-0.2, -0.15) is 0 Å². The van der Waals surface area contributed by atoms with Crippen LogP contribution in [0.15, 0.2) is 48.6 Å². The maximum atomic E-state index is 2.25. The van der Waals surface area contributed by atoms with Crippen LogP contribution in [0.3, 0.4) is 0 Å². The van der Waals surface area contributed by atoms with Gasteiger partial charge in [-0.1, -0.05) is 48.6 Å². The summed E-state index contributed by atoms with van der Waals surface area (Å²) >= 11 is 0. The third kappa shape index (κ3) is 6.47. The molecule has 0 fully saturated rings. The monoisotopic (exact) mass is 187 g/mol. The molecule has 0 atom stereocenters. The van der Waals surface area contributed by atoms with Crippen molar-refractivity contribution in [3.05, 3.63) is 55.0 Å². The Morgan fingerprint density at radius 1 is 0.500 bits per heavy atom. The lowest BCUT2D eigenvalue weighted by atomic mass is 10.2. The maximum Gasteiger partial charge on any atom is -0.0167 e.